The summed E-state index contributed by atoms with van der Waals surface area (Å²) < 4.78 is 39.2. The lowest BCUT2D eigenvalue weighted by Crippen LogP contribution is -2.64. The van der Waals surface area contributed by atoms with E-state index in [0.717, 1.165) is 19.3 Å². The topological polar surface area (TPSA) is 17.1 Å². The van der Waals surface area contributed by atoms with Crippen LogP contribution in [0.4, 0.5) is 13.2 Å². The van der Waals surface area contributed by atoms with E-state index in [0.29, 0.717) is 25.7 Å². The summed E-state index contributed by atoms with van der Waals surface area (Å²) in [5.74, 6) is -0.982. The van der Waals surface area contributed by atoms with E-state index in [2.05, 4.69) is 0 Å². The predicted molar refractivity (Wildman–Crippen MR) is 68.2 cm³/mol. The molecule has 19 heavy (non-hydrogen) atoms. The normalized spacial score (nSPS) is 18.6. The summed E-state index contributed by atoms with van der Waals surface area (Å²) in [4.78, 5) is 12.5. The second-order valence-corrected chi connectivity index (χ2v) is 5.56. The molecule has 2 nitrogen and oxygen atoms in total. The van der Waals surface area contributed by atoms with E-state index in [-0.39, 0.29) is 13.1 Å². The van der Waals surface area contributed by atoms with Crippen molar-refractivity contribution >= 4 is 5.91 Å². The fourth-order valence-corrected chi connectivity index (χ4v) is 3.17. The summed E-state index contributed by atoms with van der Waals surface area (Å²) in [7, 11) is 0. The van der Waals surface area contributed by atoms with Gasteiger partial charge >= 0.3 is 12.2 Å². The van der Waals surface area contributed by atoms with Gasteiger partial charge in [-0.25, -0.2) is 4.79 Å². The first-order valence-corrected chi connectivity index (χ1v) is 7.37. The molecule has 0 N–H and O–H groups in total. The second kappa shape index (κ2) is 6.73. The molecule has 0 aliphatic heterocycles. The van der Waals surface area contributed by atoms with E-state index >= 15 is 0 Å². The number of hydrogen-bond donors (Lipinski definition) is 0. The minimum Gasteiger partial charge on any atom is -0.230 e. The smallest absolute Gasteiger partial charge is 0.230 e. The zero-order valence-corrected chi connectivity index (χ0v) is 11.9. The Morgan fingerprint density at radius 2 is 1.53 bits per heavy atom. The molecule has 1 aliphatic carbocycles. The summed E-state index contributed by atoms with van der Waals surface area (Å²) in [6.45, 7) is 3.18. The summed E-state index contributed by atoms with van der Waals surface area (Å²) in [6.07, 6.45) is 0.331. The molecule has 0 bridgehead atoms. The van der Waals surface area contributed by atoms with E-state index in [1.807, 2.05) is 0 Å². The molecule has 1 saturated carbocycles. The van der Waals surface area contributed by atoms with Crippen LogP contribution in [0.3, 0.4) is 0 Å². The first kappa shape index (κ1) is 16.5. The lowest BCUT2D eigenvalue weighted by molar-refractivity contribution is -0.966. The Hall–Kier alpha value is -0.580. The van der Waals surface area contributed by atoms with Crippen molar-refractivity contribution in [3.05, 3.63) is 0 Å². The van der Waals surface area contributed by atoms with Crippen LogP contribution in [0.2, 0.25) is 0 Å². The summed E-state index contributed by atoms with van der Waals surface area (Å²) in [6, 6.07) is 0. The van der Waals surface area contributed by atoms with Crippen molar-refractivity contribution in [3.63, 3.8) is 0 Å². The van der Waals surface area contributed by atoms with Crippen LogP contribution in [0.5, 0.6) is 0 Å². The van der Waals surface area contributed by atoms with Crippen LogP contribution in [0, 0.1) is 5.92 Å². The van der Waals surface area contributed by atoms with Gasteiger partial charge in [0.1, 0.15) is 0 Å². The first-order chi connectivity index (χ1) is 8.89. The van der Waals surface area contributed by atoms with Gasteiger partial charge in [0.2, 0.25) is 0 Å². The molecule has 1 fully saturated rings. The van der Waals surface area contributed by atoms with Crippen molar-refractivity contribution in [2.75, 3.05) is 13.1 Å². The maximum absolute atomic E-state index is 13.5. The van der Waals surface area contributed by atoms with E-state index in [1.165, 1.54) is 0 Å². The van der Waals surface area contributed by atoms with Gasteiger partial charge in [0.25, 0.3) is 0 Å². The number of carbonyl (C=O) groups is 1. The van der Waals surface area contributed by atoms with Gasteiger partial charge in [0, 0.05) is 0 Å². The highest BCUT2D eigenvalue weighted by molar-refractivity contribution is 5.72. The average molecular weight is 280 g/mol. The molecule has 1 amide bonds. The van der Waals surface area contributed by atoms with E-state index in [1.54, 1.807) is 13.8 Å². The quantitative estimate of drug-likeness (QED) is 0.543. The molecule has 0 atom stereocenters. The van der Waals surface area contributed by atoms with Crippen LogP contribution in [0.15, 0.2) is 0 Å². The molecular formula is C14H25F3NO+. The number of amides is 1. The maximum Gasteiger partial charge on any atom is 0.568 e. The minimum absolute atomic E-state index is 0.118. The molecule has 1 rings (SSSR count). The Bertz CT molecular complexity index is 290. The molecule has 1 aliphatic rings. The standard InChI is InChI=1S/C14H25F3NO/c1-3-10-18(11-4-2,14(15,16)17)13(19)12-8-6-5-7-9-12/h12H,3-11H2,1-2H3/q+1. The molecule has 0 radical (unpaired) electrons. The van der Waals surface area contributed by atoms with Gasteiger partial charge in [-0.15, -0.1) is 13.2 Å². The third-order valence-corrected chi connectivity index (χ3v) is 4.07. The van der Waals surface area contributed by atoms with Crippen molar-refractivity contribution in [2.24, 2.45) is 5.92 Å². The highest BCUT2D eigenvalue weighted by Crippen LogP contribution is 2.37. The number of hydrogen-bond acceptors (Lipinski definition) is 1. The molecular weight excluding hydrogens is 255 g/mol. The minimum atomic E-state index is -4.47. The van der Waals surface area contributed by atoms with Crippen molar-refractivity contribution in [2.45, 2.75) is 65.1 Å². The van der Waals surface area contributed by atoms with Crippen LogP contribution in [-0.4, -0.2) is 29.8 Å². The van der Waals surface area contributed by atoms with Gasteiger partial charge in [0.15, 0.2) is 0 Å². The van der Waals surface area contributed by atoms with Gasteiger partial charge in [-0.2, -0.15) is 4.48 Å². The van der Waals surface area contributed by atoms with E-state index < -0.39 is 22.6 Å². The summed E-state index contributed by atoms with van der Waals surface area (Å²) in [5.41, 5.74) is 0. The number of quaternary nitrogens is 1. The van der Waals surface area contributed by atoms with Crippen LogP contribution in [-0.2, 0) is 4.79 Å². The molecule has 0 saturated heterocycles. The van der Waals surface area contributed by atoms with E-state index in [4.69, 9.17) is 0 Å². The molecule has 5 heteroatoms. The van der Waals surface area contributed by atoms with Crippen LogP contribution in [0.1, 0.15) is 58.8 Å². The zero-order chi connectivity index (χ0) is 14.5. The maximum atomic E-state index is 13.5. The Morgan fingerprint density at radius 1 is 1.05 bits per heavy atom. The highest BCUT2D eigenvalue weighted by Gasteiger charge is 2.60. The van der Waals surface area contributed by atoms with Crippen molar-refractivity contribution < 1.29 is 22.4 Å². The number of nitrogens with zero attached hydrogens (tertiary/aromatic N) is 1. The van der Waals surface area contributed by atoms with Crippen molar-refractivity contribution in [3.8, 4) is 0 Å². The average Bonchev–Trinajstić information content (AvgIpc) is 2.37. The van der Waals surface area contributed by atoms with Gasteiger partial charge in [-0.1, -0.05) is 33.1 Å². The molecule has 0 aromatic heterocycles. The van der Waals surface area contributed by atoms with Gasteiger partial charge < -0.3 is 0 Å². The third-order valence-electron chi connectivity index (χ3n) is 4.07. The van der Waals surface area contributed by atoms with Crippen molar-refractivity contribution in [1.82, 2.24) is 0 Å². The molecule has 0 unspecified atom stereocenters. The van der Waals surface area contributed by atoms with Crippen LogP contribution < -0.4 is 0 Å². The number of halogens is 3. The lowest BCUT2D eigenvalue weighted by Gasteiger charge is -2.39. The molecule has 0 heterocycles. The number of carbonyl (C=O) groups excluding carboxylic acids is 1. The first-order valence-electron chi connectivity index (χ1n) is 7.37. The fraction of sp³-hybridized carbons (Fsp3) is 0.929. The monoisotopic (exact) mass is 280 g/mol. The van der Waals surface area contributed by atoms with Crippen LogP contribution >= 0.6 is 0 Å². The van der Waals surface area contributed by atoms with Gasteiger partial charge in [-0.3, -0.25) is 0 Å². The summed E-state index contributed by atoms with van der Waals surface area (Å²) in [5, 5.41) is 0. The summed E-state index contributed by atoms with van der Waals surface area (Å²) >= 11 is 0. The van der Waals surface area contributed by atoms with Gasteiger partial charge in [0.05, 0.1) is 19.0 Å². The SMILES string of the molecule is CCC[N+](CCC)(C(=O)C1CCCCC1)C(F)(F)F. The second-order valence-electron chi connectivity index (χ2n) is 5.56. The third kappa shape index (κ3) is 3.50. The number of rotatable bonds is 5. The molecule has 0 aromatic rings. The molecule has 0 spiro atoms. The Labute approximate surface area is 113 Å². The zero-order valence-electron chi connectivity index (χ0n) is 11.9. The lowest BCUT2D eigenvalue weighted by atomic mass is 9.87. The predicted octanol–water partition coefficient (Wildman–Crippen LogP) is 4.25. The fourth-order valence-electron chi connectivity index (χ4n) is 3.17. The van der Waals surface area contributed by atoms with Crippen molar-refractivity contribution in [1.29, 1.82) is 0 Å². The van der Waals surface area contributed by atoms with E-state index in [9.17, 15) is 18.0 Å². The highest BCUT2D eigenvalue weighted by atomic mass is 19.4. The Balaban J connectivity index is 3.02. The molecule has 112 valence electrons. The Kier molecular flexibility index (Phi) is 5.83. The number of alkyl halides is 3. The van der Waals surface area contributed by atoms with Crippen LogP contribution in [0.25, 0.3) is 0 Å². The molecule has 0 aromatic carbocycles. The van der Waals surface area contributed by atoms with Gasteiger partial charge in [-0.05, 0) is 25.7 Å². The Morgan fingerprint density at radius 3 is 1.89 bits per heavy atom. The largest absolute Gasteiger partial charge is 0.568 e.